The molecule has 146 valence electrons. The van der Waals surface area contributed by atoms with Crippen LogP contribution in [0, 0.1) is 6.92 Å². The smallest absolute Gasteiger partial charge is 0.305 e. The quantitative estimate of drug-likeness (QED) is 0.520. The van der Waals surface area contributed by atoms with Crippen LogP contribution >= 0.6 is 0 Å². The molecule has 0 bridgehead atoms. The van der Waals surface area contributed by atoms with Crippen LogP contribution in [-0.2, 0) is 6.54 Å². The predicted octanol–water partition coefficient (Wildman–Crippen LogP) is 2.62. The van der Waals surface area contributed by atoms with Crippen molar-refractivity contribution in [1.29, 1.82) is 0 Å². The number of rotatable bonds is 4. The Morgan fingerprint density at radius 3 is 2.48 bits per heavy atom. The number of amides is 2. The third kappa shape index (κ3) is 3.68. The van der Waals surface area contributed by atoms with E-state index in [1.165, 1.54) is 16.7 Å². The molecule has 4 rings (SSSR count). The first-order valence-corrected chi connectivity index (χ1v) is 8.86. The number of benzene rings is 1. The fraction of sp³-hybridized carbons (Fsp3) is 0.0952. The van der Waals surface area contributed by atoms with Gasteiger partial charge in [0, 0.05) is 23.2 Å². The van der Waals surface area contributed by atoms with Crippen molar-refractivity contribution in [2.24, 2.45) is 0 Å². The van der Waals surface area contributed by atoms with Crippen molar-refractivity contribution in [2.75, 3.05) is 0 Å². The van der Waals surface area contributed by atoms with Gasteiger partial charge >= 0.3 is 11.8 Å². The molecule has 0 fully saturated rings. The van der Waals surface area contributed by atoms with Crippen molar-refractivity contribution in [2.45, 2.75) is 13.5 Å². The number of pyridine rings is 1. The molecule has 0 aliphatic rings. The van der Waals surface area contributed by atoms with Crippen molar-refractivity contribution in [3.05, 3.63) is 94.0 Å². The van der Waals surface area contributed by atoms with E-state index in [1.54, 1.807) is 37.4 Å². The topological polar surface area (TPSA) is 106 Å². The lowest BCUT2D eigenvalue weighted by Gasteiger charge is -2.05. The molecular formula is C21H17N3O5. The summed E-state index contributed by atoms with van der Waals surface area (Å²) in [6.07, 6.45) is 1.63. The minimum atomic E-state index is -0.626. The number of fused-ring (bicyclic) bond motifs is 1. The number of para-hydroxylation sites is 1. The fourth-order valence-corrected chi connectivity index (χ4v) is 2.97. The number of furan rings is 2. The van der Waals surface area contributed by atoms with E-state index >= 15 is 0 Å². The SMILES string of the molecule is Cc1c(C(=O)NNC(=O)c2ccc(Cn3ccccc3=O)o2)oc2ccccc12. The minimum absolute atomic E-state index is 0.00519. The number of nitrogens with one attached hydrogen (secondary N) is 2. The van der Waals surface area contributed by atoms with Crippen LogP contribution in [0.3, 0.4) is 0 Å². The molecule has 0 saturated heterocycles. The maximum Gasteiger partial charge on any atom is 0.305 e. The summed E-state index contributed by atoms with van der Waals surface area (Å²) < 4.78 is 12.5. The normalized spacial score (nSPS) is 10.8. The molecule has 2 amide bonds. The van der Waals surface area contributed by atoms with Gasteiger partial charge in [-0.05, 0) is 31.2 Å². The second kappa shape index (κ2) is 7.51. The van der Waals surface area contributed by atoms with Crippen LogP contribution in [0.1, 0.15) is 32.4 Å². The highest BCUT2D eigenvalue weighted by molar-refractivity contribution is 6.00. The minimum Gasteiger partial charge on any atom is -0.454 e. The zero-order valence-electron chi connectivity index (χ0n) is 15.5. The summed E-state index contributed by atoms with van der Waals surface area (Å²) >= 11 is 0. The predicted molar refractivity (Wildman–Crippen MR) is 104 cm³/mol. The van der Waals surface area contributed by atoms with Crippen molar-refractivity contribution in [3.8, 4) is 0 Å². The molecule has 0 atom stereocenters. The Labute approximate surface area is 164 Å². The van der Waals surface area contributed by atoms with Gasteiger partial charge < -0.3 is 13.4 Å². The zero-order valence-corrected chi connectivity index (χ0v) is 15.5. The van der Waals surface area contributed by atoms with Crippen molar-refractivity contribution >= 4 is 22.8 Å². The first-order valence-electron chi connectivity index (χ1n) is 8.86. The molecule has 0 saturated carbocycles. The Bertz CT molecular complexity index is 1260. The van der Waals surface area contributed by atoms with E-state index in [0.29, 0.717) is 16.9 Å². The van der Waals surface area contributed by atoms with E-state index in [9.17, 15) is 14.4 Å². The number of aromatic nitrogens is 1. The lowest BCUT2D eigenvalue weighted by molar-refractivity contribution is 0.0816. The number of nitrogens with zero attached hydrogens (tertiary/aromatic N) is 1. The Hall–Kier alpha value is -4.07. The highest BCUT2D eigenvalue weighted by atomic mass is 16.4. The van der Waals surface area contributed by atoms with Crippen LogP contribution < -0.4 is 16.4 Å². The third-order valence-corrected chi connectivity index (χ3v) is 4.45. The maximum atomic E-state index is 12.4. The van der Waals surface area contributed by atoms with Gasteiger partial charge in [-0.15, -0.1) is 0 Å². The zero-order chi connectivity index (χ0) is 20.4. The molecule has 8 nitrogen and oxygen atoms in total. The maximum absolute atomic E-state index is 12.4. The summed E-state index contributed by atoms with van der Waals surface area (Å²) in [5, 5.41) is 0.829. The number of carbonyl (C=O) groups excluding carboxylic acids is 2. The van der Waals surface area contributed by atoms with Crippen LogP contribution in [0.4, 0.5) is 0 Å². The molecule has 0 radical (unpaired) electrons. The molecule has 0 spiro atoms. The summed E-state index contributed by atoms with van der Waals surface area (Å²) in [6.45, 7) is 1.96. The van der Waals surface area contributed by atoms with Crippen LogP contribution in [0.5, 0.6) is 0 Å². The first-order chi connectivity index (χ1) is 14.0. The highest BCUT2D eigenvalue weighted by Crippen LogP contribution is 2.24. The Kier molecular flexibility index (Phi) is 4.74. The van der Waals surface area contributed by atoms with Crippen molar-refractivity contribution < 1.29 is 18.4 Å². The van der Waals surface area contributed by atoms with Crippen molar-refractivity contribution in [1.82, 2.24) is 15.4 Å². The van der Waals surface area contributed by atoms with Gasteiger partial charge in [-0.1, -0.05) is 24.3 Å². The van der Waals surface area contributed by atoms with E-state index in [4.69, 9.17) is 8.83 Å². The Morgan fingerprint density at radius 2 is 1.69 bits per heavy atom. The number of carbonyl (C=O) groups is 2. The van der Waals surface area contributed by atoms with Crippen LogP contribution in [0.15, 0.2) is 74.4 Å². The molecule has 0 aliphatic heterocycles. The van der Waals surface area contributed by atoms with Crippen LogP contribution in [0.25, 0.3) is 11.0 Å². The van der Waals surface area contributed by atoms with E-state index in [2.05, 4.69) is 10.9 Å². The summed E-state index contributed by atoms with van der Waals surface area (Å²) in [5.41, 5.74) is 5.71. The summed E-state index contributed by atoms with van der Waals surface area (Å²) in [7, 11) is 0. The summed E-state index contributed by atoms with van der Waals surface area (Å²) in [5.74, 6) is -0.642. The molecule has 0 aliphatic carbocycles. The number of hydrogen-bond donors (Lipinski definition) is 2. The van der Waals surface area contributed by atoms with Crippen LogP contribution in [0.2, 0.25) is 0 Å². The van der Waals surface area contributed by atoms with E-state index < -0.39 is 11.8 Å². The monoisotopic (exact) mass is 391 g/mol. The Morgan fingerprint density at radius 1 is 0.931 bits per heavy atom. The Balaban J connectivity index is 1.41. The molecule has 2 N–H and O–H groups in total. The highest BCUT2D eigenvalue weighted by Gasteiger charge is 2.19. The second-order valence-corrected chi connectivity index (χ2v) is 6.39. The molecule has 3 aromatic heterocycles. The van der Waals surface area contributed by atoms with Gasteiger partial charge in [-0.3, -0.25) is 25.2 Å². The molecule has 3 heterocycles. The molecule has 4 aromatic rings. The lowest BCUT2D eigenvalue weighted by Crippen LogP contribution is -2.41. The van der Waals surface area contributed by atoms with Gasteiger partial charge in [0.05, 0.1) is 6.54 Å². The molecular weight excluding hydrogens is 374 g/mol. The van der Waals surface area contributed by atoms with E-state index in [0.717, 1.165) is 5.39 Å². The van der Waals surface area contributed by atoms with Gasteiger partial charge in [0.1, 0.15) is 11.3 Å². The standard InChI is InChI=1S/C21H17N3O5/c1-13-15-6-2-3-7-16(15)29-19(13)21(27)23-22-20(26)17-10-9-14(28-17)12-24-11-5-4-8-18(24)25/h2-11H,12H2,1H3,(H,22,26)(H,23,27). The fourth-order valence-electron chi connectivity index (χ4n) is 2.97. The molecule has 0 unspecified atom stereocenters. The van der Waals surface area contributed by atoms with E-state index in [1.807, 2.05) is 18.2 Å². The van der Waals surface area contributed by atoms with Crippen LogP contribution in [-0.4, -0.2) is 16.4 Å². The summed E-state index contributed by atoms with van der Waals surface area (Å²) in [4.78, 5) is 36.4. The number of hydrogen-bond acceptors (Lipinski definition) is 5. The number of hydrazine groups is 1. The first kappa shape index (κ1) is 18.3. The van der Waals surface area contributed by atoms with Gasteiger partial charge in [0.25, 0.3) is 5.56 Å². The van der Waals surface area contributed by atoms with Gasteiger partial charge in [0.15, 0.2) is 11.5 Å². The van der Waals surface area contributed by atoms with E-state index in [-0.39, 0.29) is 23.6 Å². The largest absolute Gasteiger partial charge is 0.454 e. The van der Waals surface area contributed by atoms with Gasteiger partial charge in [0.2, 0.25) is 0 Å². The summed E-state index contributed by atoms with van der Waals surface area (Å²) in [6, 6.07) is 15.2. The molecule has 29 heavy (non-hydrogen) atoms. The molecule has 8 heteroatoms. The third-order valence-electron chi connectivity index (χ3n) is 4.45. The second-order valence-electron chi connectivity index (χ2n) is 6.39. The average Bonchev–Trinajstić information content (AvgIpc) is 3.33. The lowest BCUT2D eigenvalue weighted by atomic mass is 10.1. The average molecular weight is 391 g/mol. The van der Waals surface area contributed by atoms with Gasteiger partial charge in [-0.2, -0.15) is 0 Å². The number of aryl methyl sites for hydroxylation is 1. The molecule has 1 aromatic carbocycles. The van der Waals surface area contributed by atoms with Gasteiger partial charge in [-0.25, -0.2) is 0 Å². The van der Waals surface area contributed by atoms with Crippen molar-refractivity contribution in [3.63, 3.8) is 0 Å².